The van der Waals surface area contributed by atoms with Gasteiger partial charge in [0.2, 0.25) is 0 Å². The molecule has 0 spiro atoms. The maximum Gasteiger partial charge on any atom is 0.169 e. The van der Waals surface area contributed by atoms with Crippen molar-refractivity contribution >= 4 is 27.5 Å². The van der Waals surface area contributed by atoms with Crippen LogP contribution in [0.1, 0.15) is 34.1 Å². The largest absolute Gasteiger partial charge is 0.380 e. The van der Waals surface area contributed by atoms with Crippen LogP contribution in [0.25, 0.3) is 5.69 Å². The Hall–Kier alpha value is -3.78. The summed E-state index contributed by atoms with van der Waals surface area (Å²) in [6.07, 6.45) is 7.15. The molecule has 0 bridgehead atoms. The number of benzene rings is 2. The van der Waals surface area contributed by atoms with E-state index in [9.17, 15) is 4.79 Å². The highest BCUT2D eigenvalue weighted by Crippen LogP contribution is 2.22. The first kappa shape index (κ1) is 21.5. The van der Waals surface area contributed by atoms with Crippen LogP contribution in [0.3, 0.4) is 0 Å². The van der Waals surface area contributed by atoms with Crippen LogP contribution in [0.4, 0.5) is 0 Å². The second kappa shape index (κ2) is 10.0. The Bertz CT molecular complexity index is 1190. The fourth-order valence-electron chi connectivity index (χ4n) is 3.19. The fourth-order valence-corrected chi connectivity index (χ4v) is 3.45. The summed E-state index contributed by atoms with van der Waals surface area (Å²) in [5.74, 6) is 0.249. The van der Waals surface area contributed by atoms with Crippen molar-refractivity contribution in [3.63, 3.8) is 0 Å². The molecule has 0 aliphatic rings. The lowest BCUT2D eigenvalue weighted by Crippen LogP contribution is -2.25. The topological polar surface area (TPSA) is 98.2 Å². The minimum Gasteiger partial charge on any atom is -0.380 e. The molecule has 32 heavy (non-hydrogen) atoms. The van der Waals surface area contributed by atoms with Gasteiger partial charge >= 0.3 is 0 Å². The van der Waals surface area contributed by atoms with Gasteiger partial charge in [-0.1, -0.05) is 34.1 Å². The molecule has 3 N–H and O–H groups in total. The molecule has 2 aromatic carbocycles. The van der Waals surface area contributed by atoms with E-state index in [0.29, 0.717) is 11.3 Å². The number of imidazole rings is 1. The number of hydrazone groups is 1. The second-order valence-electron chi connectivity index (χ2n) is 7.09. The smallest absolute Gasteiger partial charge is 0.169 e. The van der Waals surface area contributed by atoms with Crippen LogP contribution >= 0.6 is 15.9 Å². The van der Waals surface area contributed by atoms with Crippen molar-refractivity contribution in [2.45, 2.75) is 12.5 Å². The molecule has 0 aliphatic heterocycles. The quantitative estimate of drug-likeness (QED) is 0.167. The van der Waals surface area contributed by atoms with Crippen LogP contribution in [0.15, 0.2) is 101 Å². The van der Waals surface area contributed by atoms with Gasteiger partial charge in [0.05, 0.1) is 12.4 Å². The van der Waals surface area contributed by atoms with Crippen LogP contribution in [-0.4, -0.2) is 26.2 Å². The number of ketones is 1. The molecule has 0 saturated carbocycles. The highest BCUT2D eigenvalue weighted by Gasteiger charge is 2.17. The fraction of sp³-hybridized carbons (Fsp3) is 0.0833. The van der Waals surface area contributed by atoms with E-state index in [-0.39, 0.29) is 24.1 Å². The summed E-state index contributed by atoms with van der Waals surface area (Å²) >= 11 is 3.45. The van der Waals surface area contributed by atoms with E-state index in [1.807, 2.05) is 71.4 Å². The van der Waals surface area contributed by atoms with Crippen molar-refractivity contribution < 1.29 is 4.79 Å². The Morgan fingerprint density at radius 3 is 2.50 bits per heavy atom. The van der Waals surface area contributed by atoms with E-state index >= 15 is 0 Å². The molecule has 160 valence electrons. The van der Waals surface area contributed by atoms with E-state index in [1.165, 1.54) is 0 Å². The van der Waals surface area contributed by atoms with Crippen molar-refractivity contribution in [1.82, 2.24) is 20.0 Å². The van der Waals surface area contributed by atoms with E-state index in [1.54, 1.807) is 24.8 Å². The van der Waals surface area contributed by atoms with Gasteiger partial charge in [0.25, 0.3) is 0 Å². The number of pyridine rings is 1. The van der Waals surface area contributed by atoms with Gasteiger partial charge in [-0.25, -0.2) is 4.98 Å². The number of hydrogen-bond donors (Lipinski definition) is 2. The van der Waals surface area contributed by atoms with Crippen LogP contribution in [0.5, 0.6) is 0 Å². The van der Waals surface area contributed by atoms with Crippen molar-refractivity contribution in [3.05, 3.63) is 113 Å². The predicted molar refractivity (Wildman–Crippen MR) is 127 cm³/mol. The normalized spacial score (nSPS) is 12.3. The van der Waals surface area contributed by atoms with Gasteiger partial charge in [-0.15, -0.1) is 0 Å². The van der Waals surface area contributed by atoms with Crippen LogP contribution in [-0.2, 0) is 0 Å². The summed E-state index contributed by atoms with van der Waals surface area (Å²) in [5.41, 5.74) is 12.2. The number of carbonyl (C=O) groups excluding carboxylic acids is 1. The van der Waals surface area contributed by atoms with Crippen molar-refractivity contribution in [2.24, 2.45) is 10.8 Å². The third kappa shape index (κ3) is 5.28. The molecule has 2 aromatic heterocycles. The third-order valence-corrected chi connectivity index (χ3v) is 5.45. The number of hydrogen-bond acceptors (Lipinski definition) is 5. The molecular formula is C24H21BrN6O. The molecule has 7 nitrogen and oxygen atoms in total. The van der Waals surface area contributed by atoms with Gasteiger partial charge in [-0.3, -0.25) is 9.78 Å². The van der Waals surface area contributed by atoms with Gasteiger partial charge in [0.15, 0.2) is 11.6 Å². The Morgan fingerprint density at radius 2 is 1.84 bits per heavy atom. The van der Waals surface area contributed by atoms with Crippen LogP contribution < -0.4 is 11.2 Å². The Kier molecular flexibility index (Phi) is 6.72. The highest BCUT2D eigenvalue weighted by atomic mass is 79.9. The number of carbonyl (C=O) groups is 1. The number of amidine groups is 1. The first-order valence-corrected chi connectivity index (χ1v) is 10.8. The molecule has 2 heterocycles. The predicted octanol–water partition coefficient (Wildman–Crippen LogP) is 4.25. The third-order valence-electron chi connectivity index (χ3n) is 4.92. The maximum absolute atomic E-state index is 13.0. The highest BCUT2D eigenvalue weighted by molar-refractivity contribution is 9.10. The molecule has 8 heteroatoms. The van der Waals surface area contributed by atoms with E-state index in [4.69, 9.17) is 5.73 Å². The second-order valence-corrected chi connectivity index (χ2v) is 8.01. The van der Waals surface area contributed by atoms with Crippen LogP contribution in [0.2, 0.25) is 0 Å². The lowest BCUT2D eigenvalue weighted by atomic mass is 9.98. The zero-order valence-corrected chi connectivity index (χ0v) is 18.7. The number of aromatic nitrogens is 3. The summed E-state index contributed by atoms with van der Waals surface area (Å²) in [6, 6.07) is 20.3. The Morgan fingerprint density at radius 1 is 1.06 bits per heavy atom. The van der Waals surface area contributed by atoms with E-state index in [2.05, 4.69) is 36.4 Å². The number of nitrogens with two attached hydrogens (primary N) is 1. The van der Waals surface area contributed by atoms with Crippen molar-refractivity contribution in [3.8, 4) is 5.69 Å². The van der Waals surface area contributed by atoms with Crippen LogP contribution in [0, 0.1) is 0 Å². The first-order valence-electron chi connectivity index (χ1n) is 9.97. The zero-order valence-electron chi connectivity index (χ0n) is 17.1. The molecule has 0 fully saturated rings. The summed E-state index contributed by atoms with van der Waals surface area (Å²) in [4.78, 5) is 21.3. The Balaban J connectivity index is 1.53. The number of nitrogens with one attached hydrogen (secondary N) is 1. The van der Waals surface area contributed by atoms with E-state index < -0.39 is 0 Å². The SMILES string of the molecule is N/C(=N/NC(CC(=O)c1ccc(-n2ccnc2)cc1)c1ccc(Br)cc1)c1ccccn1. The molecule has 0 aliphatic carbocycles. The van der Waals surface area contributed by atoms with Gasteiger partial charge in [-0.05, 0) is 54.1 Å². The molecule has 4 aromatic rings. The van der Waals surface area contributed by atoms with Gasteiger partial charge in [0.1, 0.15) is 5.69 Å². The molecule has 0 saturated heterocycles. The average Bonchev–Trinajstić information content (AvgIpc) is 3.38. The zero-order chi connectivity index (χ0) is 22.3. The molecule has 1 atom stereocenters. The number of rotatable bonds is 8. The average molecular weight is 489 g/mol. The molecule has 4 rings (SSSR count). The lowest BCUT2D eigenvalue weighted by Gasteiger charge is -2.17. The summed E-state index contributed by atoms with van der Waals surface area (Å²) in [7, 11) is 0. The number of halogens is 1. The number of Topliss-reactive ketones (excluding diaryl/α,β-unsaturated/α-hetero) is 1. The molecular weight excluding hydrogens is 468 g/mol. The molecule has 0 amide bonds. The van der Waals surface area contributed by atoms with E-state index in [0.717, 1.165) is 15.7 Å². The summed E-state index contributed by atoms with van der Waals surface area (Å²) < 4.78 is 2.84. The summed E-state index contributed by atoms with van der Waals surface area (Å²) in [5, 5.41) is 4.30. The van der Waals surface area contributed by atoms with Gasteiger partial charge < -0.3 is 15.7 Å². The monoisotopic (exact) mass is 488 g/mol. The number of nitrogens with zero attached hydrogens (tertiary/aromatic N) is 4. The van der Waals surface area contributed by atoms with Gasteiger partial charge in [-0.2, -0.15) is 5.10 Å². The Labute approximate surface area is 194 Å². The van der Waals surface area contributed by atoms with Gasteiger partial charge in [0, 0.05) is 40.7 Å². The lowest BCUT2D eigenvalue weighted by molar-refractivity contribution is 0.0968. The van der Waals surface area contributed by atoms with Crippen molar-refractivity contribution in [2.75, 3.05) is 0 Å². The molecule has 0 radical (unpaired) electrons. The minimum atomic E-state index is -0.355. The standard InChI is InChI=1S/C24H21BrN6O/c25-19-8-4-17(5-9-19)22(29-30-24(26)21-3-1-2-12-28-21)15-23(32)18-6-10-20(11-7-18)31-14-13-27-16-31/h1-14,16,22,29H,15H2,(H2,26,30). The van der Waals surface area contributed by atoms with Crippen molar-refractivity contribution in [1.29, 1.82) is 0 Å². The maximum atomic E-state index is 13.0. The summed E-state index contributed by atoms with van der Waals surface area (Å²) in [6.45, 7) is 0. The molecule has 1 unspecified atom stereocenters. The first-order chi connectivity index (χ1) is 15.6. The minimum absolute atomic E-state index is 0.00536.